The first kappa shape index (κ1) is 9.00. The monoisotopic (exact) mass is 182 g/mol. The number of hydrogen-bond acceptors (Lipinski definition) is 3. The molecule has 0 aliphatic carbocycles. The van der Waals surface area contributed by atoms with Crippen LogP contribution in [0.15, 0.2) is 14.4 Å². The van der Waals surface area contributed by atoms with Crippen molar-refractivity contribution in [3.63, 3.8) is 0 Å². The SMILES string of the molecule is O=c1[nH]c(=O)c2[nH]c(=O)[nH]c2[nH]1.[N]. The molecule has 0 spiro atoms. The average molecular weight is 182 g/mol. The van der Waals surface area contributed by atoms with E-state index >= 15 is 0 Å². The van der Waals surface area contributed by atoms with E-state index in [4.69, 9.17) is 0 Å². The van der Waals surface area contributed by atoms with Crippen molar-refractivity contribution in [1.82, 2.24) is 26.1 Å². The van der Waals surface area contributed by atoms with E-state index in [0.717, 1.165) is 0 Å². The third kappa shape index (κ3) is 1.29. The molecule has 2 aromatic rings. The number of imidazole rings is 1. The summed E-state index contributed by atoms with van der Waals surface area (Å²) < 4.78 is 0. The molecule has 0 saturated heterocycles. The van der Waals surface area contributed by atoms with Crippen LogP contribution in [0.2, 0.25) is 0 Å². The molecule has 8 heteroatoms. The van der Waals surface area contributed by atoms with Crippen LogP contribution in [-0.2, 0) is 0 Å². The number of nitrogens with zero attached hydrogens (tertiary/aromatic N) is 1. The van der Waals surface area contributed by atoms with Crippen molar-refractivity contribution in [3.8, 4) is 0 Å². The molecule has 2 heterocycles. The van der Waals surface area contributed by atoms with Gasteiger partial charge < -0.3 is 0 Å². The second-order valence-electron chi connectivity index (χ2n) is 2.24. The van der Waals surface area contributed by atoms with E-state index < -0.39 is 16.9 Å². The normalized spacial score (nSPS) is 9.85. The quantitative estimate of drug-likeness (QED) is 0.365. The molecule has 0 aliphatic heterocycles. The molecule has 2 aromatic heterocycles. The number of aromatic nitrogens is 4. The van der Waals surface area contributed by atoms with Gasteiger partial charge in [0.15, 0.2) is 0 Å². The number of nitrogens with one attached hydrogen (secondary N) is 4. The van der Waals surface area contributed by atoms with E-state index in [2.05, 4.69) is 15.0 Å². The van der Waals surface area contributed by atoms with Crippen LogP contribution in [-0.4, -0.2) is 19.9 Å². The summed E-state index contributed by atoms with van der Waals surface area (Å²) in [6.45, 7) is 0. The Kier molecular flexibility index (Phi) is 1.91. The van der Waals surface area contributed by atoms with E-state index in [-0.39, 0.29) is 17.3 Å². The van der Waals surface area contributed by atoms with Crippen molar-refractivity contribution in [1.29, 1.82) is 0 Å². The van der Waals surface area contributed by atoms with Gasteiger partial charge in [-0.05, 0) is 0 Å². The fourth-order valence-corrected chi connectivity index (χ4v) is 0.958. The molecule has 0 aromatic carbocycles. The van der Waals surface area contributed by atoms with E-state index in [1.165, 1.54) is 0 Å². The van der Waals surface area contributed by atoms with Crippen LogP contribution in [0.3, 0.4) is 0 Å². The summed E-state index contributed by atoms with van der Waals surface area (Å²) in [5.41, 5.74) is -1.65. The molecule has 0 fully saturated rings. The largest absolute Gasteiger partial charge is 0.327 e. The van der Waals surface area contributed by atoms with Gasteiger partial charge in [-0.15, -0.1) is 0 Å². The Labute approximate surface area is 69.6 Å². The molecule has 2 rings (SSSR count). The van der Waals surface area contributed by atoms with E-state index in [1.54, 1.807) is 0 Å². The van der Waals surface area contributed by atoms with Gasteiger partial charge in [0.25, 0.3) is 5.56 Å². The maximum atomic E-state index is 10.9. The highest BCUT2D eigenvalue weighted by atomic mass is 16.2. The lowest BCUT2D eigenvalue weighted by molar-refractivity contribution is 1.07. The fourth-order valence-electron chi connectivity index (χ4n) is 0.958. The fraction of sp³-hybridized carbons (Fsp3) is 0. The van der Waals surface area contributed by atoms with Gasteiger partial charge in [-0.3, -0.25) is 24.7 Å². The Hall–Kier alpha value is -2.09. The first-order chi connectivity index (χ1) is 5.66. The standard InChI is InChI=1S/C5H4N4O3.N/c10-3-1-2(7-4(11)6-1)8-5(12)9-3;/h(H4,6,7,8,9,10,11,12);. The van der Waals surface area contributed by atoms with Crippen molar-refractivity contribution >= 4 is 11.2 Å². The zero-order chi connectivity index (χ0) is 8.72. The van der Waals surface area contributed by atoms with E-state index in [0.29, 0.717) is 0 Å². The summed E-state index contributed by atoms with van der Waals surface area (Å²) in [5, 5.41) is 0. The average Bonchev–Trinajstić information content (AvgIpc) is 2.29. The lowest BCUT2D eigenvalue weighted by atomic mass is 10.5. The van der Waals surface area contributed by atoms with Crippen LogP contribution in [0.4, 0.5) is 0 Å². The molecule has 0 atom stereocenters. The lowest BCUT2D eigenvalue weighted by Crippen LogP contribution is -2.21. The first-order valence-electron chi connectivity index (χ1n) is 3.11. The maximum absolute atomic E-state index is 10.9. The highest BCUT2D eigenvalue weighted by Gasteiger charge is 2.02. The minimum absolute atomic E-state index is 0. The van der Waals surface area contributed by atoms with Crippen molar-refractivity contribution < 1.29 is 0 Å². The molecule has 67 valence electrons. The minimum Gasteiger partial charge on any atom is -0.300 e. The van der Waals surface area contributed by atoms with Crippen molar-refractivity contribution in [2.24, 2.45) is 0 Å². The Morgan fingerprint density at radius 3 is 1.92 bits per heavy atom. The molecule has 0 aliphatic rings. The summed E-state index contributed by atoms with van der Waals surface area (Å²) in [5.74, 6) is 0. The minimum atomic E-state index is -0.650. The molecule has 0 amide bonds. The van der Waals surface area contributed by atoms with E-state index in [1.807, 2.05) is 4.98 Å². The molecule has 0 saturated carbocycles. The Morgan fingerprint density at radius 2 is 1.31 bits per heavy atom. The van der Waals surface area contributed by atoms with E-state index in [9.17, 15) is 14.4 Å². The summed E-state index contributed by atoms with van der Waals surface area (Å²) in [6, 6.07) is 0. The predicted molar refractivity (Wildman–Crippen MR) is 42.3 cm³/mol. The zero-order valence-electron chi connectivity index (χ0n) is 6.17. The Balaban J connectivity index is 0.000000845. The molecule has 0 bridgehead atoms. The van der Waals surface area contributed by atoms with Crippen LogP contribution in [0.1, 0.15) is 0 Å². The van der Waals surface area contributed by atoms with Gasteiger partial charge in [-0.25, -0.2) is 9.59 Å². The van der Waals surface area contributed by atoms with Crippen LogP contribution in [0.25, 0.3) is 11.2 Å². The van der Waals surface area contributed by atoms with Gasteiger partial charge in [-0.1, -0.05) is 0 Å². The smallest absolute Gasteiger partial charge is 0.300 e. The van der Waals surface area contributed by atoms with Gasteiger partial charge in [-0.2, -0.15) is 0 Å². The van der Waals surface area contributed by atoms with Gasteiger partial charge in [0.05, 0.1) is 0 Å². The third-order valence-corrected chi connectivity index (χ3v) is 1.42. The molecular weight excluding hydrogens is 178 g/mol. The molecule has 4 N–H and O–H groups in total. The predicted octanol–water partition coefficient (Wildman–Crippen LogP) is -2.25. The zero-order valence-corrected chi connectivity index (χ0v) is 6.17. The summed E-state index contributed by atoms with van der Waals surface area (Å²) in [6.07, 6.45) is 0. The molecule has 3 radical (unpaired) electrons. The number of hydrogen-bond donors (Lipinski definition) is 4. The third-order valence-electron chi connectivity index (χ3n) is 1.42. The summed E-state index contributed by atoms with van der Waals surface area (Å²) in [7, 11) is 0. The maximum Gasteiger partial charge on any atom is 0.327 e. The van der Waals surface area contributed by atoms with Crippen molar-refractivity contribution in [3.05, 3.63) is 31.3 Å². The number of aromatic amines is 4. The molecule has 13 heavy (non-hydrogen) atoms. The van der Waals surface area contributed by atoms with Crippen LogP contribution in [0, 0.1) is 0 Å². The van der Waals surface area contributed by atoms with Crippen molar-refractivity contribution in [2.45, 2.75) is 0 Å². The second-order valence-corrected chi connectivity index (χ2v) is 2.24. The molecule has 8 nitrogen and oxygen atoms in total. The van der Waals surface area contributed by atoms with Gasteiger partial charge in [0.2, 0.25) is 0 Å². The molecule has 0 unspecified atom stereocenters. The first-order valence-corrected chi connectivity index (χ1v) is 3.11. The Morgan fingerprint density at radius 1 is 0.769 bits per heavy atom. The van der Waals surface area contributed by atoms with Crippen LogP contribution >= 0.6 is 0 Å². The summed E-state index contributed by atoms with van der Waals surface area (Å²) >= 11 is 0. The lowest BCUT2D eigenvalue weighted by Gasteiger charge is -1.83. The topological polar surface area (TPSA) is 145 Å². The molecular formula is C5H4N5O3. The van der Waals surface area contributed by atoms with Gasteiger partial charge in [0.1, 0.15) is 11.2 Å². The number of fused-ring (bicyclic) bond motifs is 1. The second kappa shape index (κ2) is 2.75. The van der Waals surface area contributed by atoms with Gasteiger partial charge >= 0.3 is 11.4 Å². The van der Waals surface area contributed by atoms with Gasteiger partial charge in [0, 0.05) is 6.15 Å². The summed E-state index contributed by atoms with van der Waals surface area (Å²) in [4.78, 5) is 41.0. The van der Waals surface area contributed by atoms with Crippen LogP contribution in [0.5, 0.6) is 0 Å². The highest BCUT2D eigenvalue weighted by molar-refractivity contribution is 5.67. The highest BCUT2D eigenvalue weighted by Crippen LogP contribution is 1.88. The Bertz CT molecular complexity index is 584. The number of H-pyrrole nitrogens is 4. The van der Waals surface area contributed by atoms with Crippen molar-refractivity contribution in [2.75, 3.05) is 0 Å². The number of rotatable bonds is 0. The van der Waals surface area contributed by atoms with Crippen LogP contribution < -0.4 is 23.1 Å².